The number of nitrogens with zero attached hydrogens (tertiary/aromatic N) is 2. The van der Waals surface area contributed by atoms with Crippen LogP contribution in [0.1, 0.15) is 50.3 Å². The lowest BCUT2D eigenvalue weighted by Crippen LogP contribution is -2.43. The highest BCUT2D eigenvalue weighted by atomic mass is 19.1. The highest BCUT2D eigenvalue weighted by Gasteiger charge is 2.24. The second-order valence-corrected chi connectivity index (χ2v) is 6.88. The minimum atomic E-state index is -0.372. The molecular formula is C20H29FN4O. The van der Waals surface area contributed by atoms with E-state index >= 15 is 0 Å². The summed E-state index contributed by atoms with van der Waals surface area (Å²) in [5.74, 6) is 1.38. The van der Waals surface area contributed by atoms with E-state index in [1.165, 1.54) is 6.07 Å². The predicted molar refractivity (Wildman–Crippen MR) is 103 cm³/mol. The number of guanidine groups is 1. The van der Waals surface area contributed by atoms with Crippen molar-refractivity contribution in [3.63, 3.8) is 0 Å². The van der Waals surface area contributed by atoms with E-state index in [0.29, 0.717) is 24.6 Å². The number of hydrogen-bond donors (Lipinski definition) is 2. The Kier molecular flexibility index (Phi) is 6.77. The van der Waals surface area contributed by atoms with Gasteiger partial charge < -0.3 is 15.2 Å². The fourth-order valence-electron chi connectivity index (χ4n) is 2.94. The van der Waals surface area contributed by atoms with E-state index in [1.54, 1.807) is 13.1 Å². The van der Waals surface area contributed by atoms with Gasteiger partial charge in [-0.3, -0.25) is 4.99 Å². The van der Waals surface area contributed by atoms with E-state index in [1.807, 2.05) is 32.9 Å². The molecule has 26 heavy (non-hydrogen) atoms. The topological polar surface area (TPSA) is 62.5 Å². The molecule has 0 radical (unpaired) electrons. The average Bonchev–Trinajstić information content (AvgIpc) is 3.04. The molecule has 0 unspecified atom stereocenters. The molecule has 0 aliphatic heterocycles. The van der Waals surface area contributed by atoms with Gasteiger partial charge in [-0.15, -0.1) is 0 Å². The zero-order valence-corrected chi connectivity index (χ0v) is 16.3. The average molecular weight is 360 g/mol. The molecule has 0 bridgehead atoms. The first-order valence-electron chi connectivity index (χ1n) is 9.08. The number of benzene rings is 1. The van der Waals surface area contributed by atoms with Crippen LogP contribution in [-0.2, 0) is 24.8 Å². The van der Waals surface area contributed by atoms with Crippen molar-refractivity contribution in [2.75, 3.05) is 13.6 Å². The molecule has 2 N–H and O–H groups in total. The van der Waals surface area contributed by atoms with Gasteiger partial charge in [-0.2, -0.15) is 0 Å². The third-order valence-corrected chi connectivity index (χ3v) is 4.56. The Hall–Kier alpha value is -2.37. The van der Waals surface area contributed by atoms with E-state index < -0.39 is 0 Å². The Morgan fingerprint density at radius 1 is 1.19 bits per heavy atom. The van der Waals surface area contributed by atoms with Crippen LogP contribution in [0.4, 0.5) is 4.39 Å². The lowest BCUT2D eigenvalue weighted by molar-refractivity contribution is 0.380. The van der Waals surface area contributed by atoms with Crippen LogP contribution in [-0.4, -0.2) is 24.7 Å². The van der Waals surface area contributed by atoms with Gasteiger partial charge in [0.2, 0.25) is 0 Å². The standard InChI is InChI=1S/C20H29FN4O/c1-6-17-14(18(7-2)26-25-17)12-23-19(22-5)24-13-20(3,4)15-10-8-9-11-16(15)21/h8-11H,6-7,12-13H2,1-5H3,(H2,22,23,24). The zero-order valence-electron chi connectivity index (χ0n) is 16.3. The molecule has 5 nitrogen and oxygen atoms in total. The molecule has 0 aliphatic rings. The van der Waals surface area contributed by atoms with Crippen molar-refractivity contribution < 1.29 is 8.91 Å². The summed E-state index contributed by atoms with van der Waals surface area (Å²) < 4.78 is 19.5. The SMILES string of the molecule is CCc1noc(CC)c1CNC(=NC)NCC(C)(C)c1ccccc1F. The lowest BCUT2D eigenvalue weighted by atomic mass is 9.84. The normalized spacial score (nSPS) is 12.3. The van der Waals surface area contributed by atoms with Gasteiger partial charge in [-0.1, -0.05) is 51.1 Å². The maximum Gasteiger partial charge on any atom is 0.191 e. The third-order valence-electron chi connectivity index (χ3n) is 4.56. The third kappa shape index (κ3) is 4.62. The van der Waals surface area contributed by atoms with Crippen LogP contribution in [0.25, 0.3) is 0 Å². The van der Waals surface area contributed by atoms with Crippen LogP contribution in [0, 0.1) is 5.82 Å². The molecule has 0 atom stereocenters. The molecule has 1 aromatic heterocycles. The minimum absolute atomic E-state index is 0.188. The summed E-state index contributed by atoms with van der Waals surface area (Å²) in [7, 11) is 1.72. The van der Waals surface area contributed by atoms with Gasteiger partial charge in [0.25, 0.3) is 0 Å². The monoisotopic (exact) mass is 360 g/mol. The van der Waals surface area contributed by atoms with Crippen LogP contribution in [0.2, 0.25) is 0 Å². The summed E-state index contributed by atoms with van der Waals surface area (Å²) in [5, 5.41) is 10.7. The zero-order chi connectivity index (χ0) is 19.2. The Morgan fingerprint density at radius 2 is 1.92 bits per heavy atom. The number of halogens is 1. The van der Waals surface area contributed by atoms with E-state index in [-0.39, 0.29) is 11.2 Å². The summed E-state index contributed by atoms with van der Waals surface area (Å²) in [6.45, 7) is 9.28. The summed E-state index contributed by atoms with van der Waals surface area (Å²) in [5.41, 5.74) is 2.37. The van der Waals surface area contributed by atoms with Crippen LogP contribution in [0.3, 0.4) is 0 Å². The van der Waals surface area contributed by atoms with Crippen molar-refractivity contribution in [3.8, 4) is 0 Å². The first-order valence-corrected chi connectivity index (χ1v) is 9.08. The van der Waals surface area contributed by atoms with Crippen LogP contribution < -0.4 is 10.6 Å². The van der Waals surface area contributed by atoms with Crippen molar-refractivity contribution >= 4 is 5.96 Å². The molecule has 0 spiro atoms. The first kappa shape index (κ1) is 19.9. The molecule has 1 heterocycles. The second-order valence-electron chi connectivity index (χ2n) is 6.88. The maximum absolute atomic E-state index is 14.1. The number of hydrogen-bond acceptors (Lipinski definition) is 3. The fraction of sp³-hybridized carbons (Fsp3) is 0.500. The first-order chi connectivity index (χ1) is 12.4. The summed E-state index contributed by atoms with van der Waals surface area (Å²) in [6.07, 6.45) is 1.63. The predicted octanol–water partition coefficient (Wildman–Crippen LogP) is 3.58. The number of nitrogens with one attached hydrogen (secondary N) is 2. The molecule has 1 aromatic carbocycles. The summed E-state index contributed by atoms with van der Waals surface area (Å²) in [6, 6.07) is 6.89. The van der Waals surface area contributed by atoms with E-state index in [9.17, 15) is 4.39 Å². The van der Waals surface area contributed by atoms with Crippen molar-refractivity contribution in [1.29, 1.82) is 0 Å². The molecule has 6 heteroatoms. The van der Waals surface area contributed by atoms with Crippen molar-refractivity contribution in [2.45, 2.75) is 52.5 Å². The molecule has 142 valence electrons. The van der Waals surface area contributed by atoms with E-state index in [0.717, 1.165) is 29.9 Å². The molecule has 0 amide bonds. The van der Waals surface area contributed by atoms with Crippen LogP contribution >= 0.6 is 0 Å². The maximum atomic E-state index is 14.1. The number of rotatable bonds is 7. The van der Waals surface area contributed by atoms with Crippen molar-refractivity contribution in [3.05, 3.63) is 52.7 Å². The minimum Gasteiger partial charge on any atom is -0.361 e. The molecule has 0 fully saturated rings. The Bertz CT molecular complexity index is 731. The van der Waals surface area contributed by atoms with Crippen molar-refractivity contribution in [1.82, 2.24) is 15.8 Å². The highest BCUT2D eigenvalue weighted by Crippen LogP contribution is 2.24. The molecule has 0 saturated carbocycles. The van der Waals surface area contributed by atoms with Gasteiger partial charge in [-0.05, 0) is 18.1 Å². The van der Waals surface area contributed by atoms with E-state index in [4.69, 9.17) is 4.52 Å². The Balaban J connectivity index is 2.00. The lowest BCUT2D eigenvalue weighted by Gasteiger charge is -2.27. The smallest absolute Gasteiger partial charge is 0.191 e. The molecule has 0 aliphatic carbocycles. The van der Waals surface area contributed by atoms with Gasteiger partial charge in [0.05, 0.1) is 5.69 Å². The molecular weight excluding hydrogens is 331 g/mol. The van der Waals surface area contributed by atoms with Gasteiger partial charge in [0, 0.05) is 37.5 Å². The summed E-state index contributed by atoms with van der Waals surface area (Å²) in [4.78, 5) is 4.27. The van der Waals surface area contributed by atoms with Crippen molar-refractivity contribution in [2.24, 2.45) is 4.99 Å². The summed E-state index contributed by atoms with van der Waals surface area (Å²) >= 11 is 0. The van der Waals surface area contributed by atoms with Gasteiger partial charge in [0.1, 0.15) is 11.6 Å². The van der Waals surface area contributed by atoms with Gasteiger partial charge in [-0.25, -0.2) is 4.39 Å². The number of aliphatic imine (C=N–C) groups is 1. The van der Waals surface area contributed by atoms with E-state index in [2.05, 4.69) is 27.7 Å². The quantitative estimate of drug-likeness (QED) is 0.585. The van der Waals surface area contributed by atoms with Crippen LogP contribution in [0.5, 0.6) is 0 Å². The Morgan fingerprint density at radius 3 is 2.54 bits per heavy atom. The molecule has 0 saturated heterocycles. The number of aromatic nitrogens is 1. The Labute approximate surface area is 155 Å². The highest BCUT2D eigenvalue weighted by molar-refractivity contribution is 5.79. The van der Waals surface area contributed by atoms with Gasteiger partial charge in [0.15, 0.2) is 5.96 Å². The fourth-order valence-corrected chi connectivity index (χ4v) is 2.94. The second kappa shape index (κ2) is 8.83. The van der Waals surface area contributed by atoms with Crippen LogP contribution in [0.15, 0.2) is 33.8 Å². The van der Waals surface area contributed by atoms with Gasteiger partial charge >= 0.3 is 0 Å². The number of aryl methyl sites for hydroxylation is 2. The molecule has 2 aromatic rings. The largest absolute Gasteiger partial charge is 0.361 e. The molecule has 2 rings (SSSR count).